The first kappa shape index (κ1) is 14.0. The van der Waals surface area contributed by atoms with Gasteiger partial charge in [-0.05, 0) is 30.7 Å². The summed E-state index contributed by atoms with van der Waals surface area (Å²) in [5.41, 5.74) is 1.80. The van der Waals surface area contributed by atoms with Crippen molar-refractivity contribution in [3.63, 3.8) is 0 Å². The average molecular weight is 327 g/mol. The standard InChI is InChI=1S/C13H15BrN2O3/c1-8-4-10(2-3-11(8)14)15-12(17)7-16-5-9(6-16)13(18)19/h2-4,9H,5-7H2,1H3,(H,15,17)(H,18,19). The second-order valence-electron chi connectivity index (χ2n) is 4.74. The third-order valence-electron chi connectivity index (χ3n) is 3.12. The van der Waals surface area contributed by atoms with Crippen molar-refractivity contribution in [1.82, 2.24) is 4.90 Å². The second kappa shape index (κ2) is 5.71. The zero-order valence-electron chi connectivity index (χ0n) is 10.5. The van der Waals surface area contributed by atoms with E-state index >= 15 is 0 Å². The van der Waals surface area contributed by atoms with Crippen molar-refractivity contribution in [1.29, 1.82) is 0 Å². The van der Waals surface area contributed by atoms with E-state index in [9.17, 15) is 9.59 Å². The minimum absolute atomic E-state index is 0.120. The lowest BCUT2D eigenvalue weighted by Gasteiger charge is -2.35. The van der Waals surface area contributed by atoms with Gasteiger partial charge >= 0.3 is 5.97 Å². The predicted octanol–water partition coefficient (Wildman–Crippen LogP) is 1.71. The number of aryl methyl sites for hydroxylation is 1. The summed E-state index contributed by atoms with van der Waals surface area (Å²) in [6.45, 7) is 3.08. The normalized spacial score (nSPS) is 15.9. The molecule has 19 heavy (non-hydrogen) atoms. The van der Waals surface area contributed by atoms with Gasteiger partial charge in [0.25, 0.3) is 0 Å². The average Bonchev–Trinajstić information content (AvgIpc) is 2.27. The van der Waals surface area contributed by atoms with Gasteiger partial charge in [0, 0.05) is 23.2 Å². The Morgan fingerprint density at radius 2 is 2.16 bits per heavy atom. The molecule has 1 saturated heterocycles. The maximum absolute atomic E-state index is 11.8. The Morgan fingerprint density at radius 1 is 1.47 bits per heavy atom. The van der Waals surface area contributed by atoms with Gasteiger partial charge in [0.05, 0.1) is 12.5 Å². The number of carbonyl (C=O) groups excluding carboxylic acids is 1. The first-order chi connectivity index (χ1) is 8.95. The Labute approximate surface area is 119 Å². The van der Waals surface area contributed by atoms with Gasteiger partial charge in [0.15, 0.2) is 0 Å². The number of aliphatic carboxylic acids is 1. The van der Waals surface area contributed by atoms with E-state index in [4.69, 9.17) is 5.11 Å². The molecule has 0 bridgehead atoms. The van der Waals surface area contributed by atoms with Crippen LogP contribution in [0, 0.1) is 12.8 Å². The van der Waals surface area contributed by atoms with Crippen LogP contribution < -0.4 is 5.32 Å². The lowest BCUT2D eigenvalue weighted by atomic mass is 10.0. The number of hydrogen-bond acceptors (Lipinski definition) is 3. The molecule has 2 N–H and O–H groups in total. The molecule has 0 saturated carbocycles. The Bertz CT molecular complexity index is 513. The summed E-state index contributed by atoms with van der Waals surface area (Å²) < 4.78 is 0.998. The van der Waals surface area contributed by atoms with Crippen LogP contribution in [0.25, 0.3) is 0 Å². The summed E-state index contributed by atoms with van der Waals surface area (Å²) in [6, 6.07) is 5.60. The van der Waals surface area contributed by atoms with Gasteiger partial charge in [-0.15, -0.1) is 0 Å². The van der Waals surface area contributed by atoms with Crippen molar-refractivity contribution in [2.75, 3.05) is 25.0 Å². The lowest BCUT2D eigenvalue weighted by molar-refractivity contribution is -0.148. The molecule has 6 heteroatoms. The molecular weight excluding hydrogens is 312 g/mol. The van der Waals surface area contributed by atoms with Gasteiger partial charge < -0.3 is 10.4 Å². The summed E-state index contributed by atoms with van der Waals surface area (Å²) in [4.78, 5) is 24.2. The number of rotatable bonds is 4. The van der Waals surface area contributed by atoms with Crippen molar-refractivity contribution in [2.24, 2.45) is 5.92 Å². The molecule has 0 atom stereocenters. The molecule has 1 heterocycles. The maximum atomic E-state index is 11.8. The lowest BCUT2D eigenvalue weighted by Crippen LogP contribution is -2.52. The van der Waals surface area contributed by atoms with Gasteiger partial charge in [-0.3, -0.25) is 14.5 Å². The second-order valence-corrected chi connectivity index (χ2v) is 5.60. The van der Waals surface area contributed by atoms with Crippen LogP contribution in [0.5, 0.6) is 0 Å². The summed E-state index contributed by atoms with van der Waals surface area (Å²) in [6.07, 6.45) is 0. The molecule has 0 unspecified atom stereocenters. The van der Waals surface area contributed by atoms with E-state index in [1.54, 1.807) is 0 Å². The third-order valence-corrected chi connectivity index (χ3v) is 4.01. The van der Waals surface area contributed by atoms with Gasteiger partial charge in [-0.1, -0.05) is 15.9 Å². The van der Waals surface area contributed by atoms with E-state index in [1.807, 2.05) is 30.0 Å². The van der Waals surface area contributed by atoms with E-state index in [1.165, 1.54) is 0 Å². The summed E-state index contributed by atoms with van der Waals surface area (Å²) in [5, 5.41) is 11.5. The van der Waals surface area contributed by atoms with Crippen molar-refractivity contribution in [2.45, 2.75) is 6.92 Å². The number of anilines is 1. The highest BCUT2D eigenvalue weighted by Gasteiger charge is 2.33. The van der Waals surface area contributed by atoms with Crippen LogP contribution in [0.1, 0.15) is 5.56 Å². The fourth-order valence-electron chi connectivity index (χ4n) is 1.98. The molecule has 1 aliphatic heterocycles. The van der Waals surface area contributed by atoms with Crippen LogP contribution in [-0.4, -0.2) is 41.5 Å². The van der Waals surface area contributed by atoms with Crippen molar-refractivity contribution >= 4 is 33.5 Å². The van der Waals surface area contributed by atoms with Crippen molar-refractivity contribution in [3.05, 3.63) is 28.2 Å². The Hall–Kier alpha value is -1.40. The highest BCUT2D eigenvalue weighted by atomic mass is 79.9. The quantitative estimate of drug-likeness (QED) is 0.883. The van der Waals surface area contributed by atoms with E-state index in [-0.39, 0.29) is 18.4 Å². The largest absolute Gasteiger partial charge is 0.481 e. The molecule has 1 aromatic rings. The predicted molar refractivity (Wildman–Crippen MR) is 75.1 cm³/mol. The number of nitrogens with zero attached hydrogens (tertiary/aromatic N) is 1. The Morgan fingerprint density at radius 3 is 2.74 bits per heavy atom. The molecule has 1 amide bonds. The summed E-state index contributed by atoms with van der Waals surface area (Å²) >= 11 is 3.40. The SMILES string of the molecule is Cc1cc(NC(=O)CN2CC(C(=O)O)C2)ccc1Br. The van der Waals surface area contributed by atoms with Crippen LogP contribution in [0.3, 0.4) is 0 Å². The fraction of sp³-hybridized carbons (Fsp3) is 0.385. The molecule has 1 fully saturated rings. The van der Waals surface area contributed by atoms with Crippen molar-refractivity contribution in [3.8, 4) is 0 Å². The molecule has 1 aliphatic rings. The first-order valence-electron chi connectivity index (χ1n) is 5.97. The number of likely N-dealkylation sites (tertiary alicyclic amines) is 1. The molecule has 0 aliphatic carbocycles. The topological polar surface area (TPSA) is 69.6 Å². The van der Waals surface area contributed by atoms with E-state index in [0.29, 0.717) is 13.1 Å². The third kappa shape index (κ3) is 3.54. The molecule has 5 nitrogen and oxygen atoms in total. The zero-order chi connectivity index (χ0) is 14.0. The molecular formula is C13H15BrN2O3. The highest BCUT2D eigenvalue weighted by molar-refractivity contribution is 9.10. The summed E-state index contributed by atoms with van der Waals surface area (Å²) in [7, 11) is 0. The van der Waals surface area contributed by atoms with E-state index in [2.05, 4.69) is 21.2 Å². The zero-order valence-corrected chi connectivity index (χ0v) is 12.1. The Balaban J connectivity index is 1.82. The van der Waals surface area contributed by atoms with E-state index in [0.717, 1.165) is 15.7 Å². The molecule has 1 aromatic carbocycles. The first-order valence-corrected chi connectivity index (χ1v) is 6.76. The monoisotopic (exact) mass is 326 g/mol. The molecule has 0 aromatic heterocycles. The minimum Gasteiger partial charge on any atom is -0.481 e. The fourth-order valence-corrected chi connectivity index (χ4v) is 2.23. The van der Waals surface area contributed by atoms with Crippen LogP contribution in [0.2, 0.25) is 0 Å². The number of nitrogens with one attached hydrogen (secondary N) is 1. The van der Waals surface area contributed by atoms with Crippen molar-refractivity contribution < 1.29 is 14.7 Å². The number of carboxylic acid groups (broad SMARTS) is 1. The maximum Gasteiger partial charge on any atom is 0.309 e. The van der Waals surface area contributed by atoms with Gasteiger partial charge in [0.2, 0.25) is 5.91 Å². The van der Waals surface area contributed by atoms with Gasteiger partial charge in [-0.25, -0.2) is 0 Å². The van der Waals surface area contributed by atoms with Crippen LogP contribution in [0.4, 0.5) is 5.69 Å². The molecule has 0 radical (unpaired) electrons. The number of amides is 1. The van der Waals surface area contributed by atoms with Gasteiger partial charge in [0.1, 0.15) is 0 Å². The Kier molecular flexibility index (Phi) is 4.21. The van der Waals surface area contributed by atoms with Crippen LogP contribution in [-0.2, 0) is 9.59 Å². The molecule has 0 spiro atoms. The minimum atomic E-state index is -0.791. The van der Waals surface area contributed by atoms with Gasteiger partial charge in [-0.2, -0.15) is 0 Å². The smallest absolute Gasteiger partial charge is 0.309 e. The molecule has 102 valence electrons. The number of carboxylic acids is 1. The van der Waals surface area contributed by atoms with Crippen LogP contribution >= 0.6 is 15.9 Å². The number of halogens is 1. The highest BCUT2D eigenvalue weighted by Crippen LogP contribution is 2.20. The summed E-state index contributed by atoms with van der Waals surface area (Å²) in [5.74, 6) is -1.24. The number of hydrogen-bond donors (Lipinski definition) is 2. The number of carbonyl (C=O) groups is 2. The molecule has 2 rings (SSSR count). The van der Waals surface area contributed by atoms with E-state index < -0.39 is 5.97 Å². The number of benzene rings is 1. The van der Waals surface area contributed by atoms with Crippen LogP contribution in [0.15, 0.2) is 22.7 Å².